The average molecular weight is 376 g/mol. The van der Waals surface area contributed by atoms with Crippen LogP contribution in [0.3, 0.4) is 0 Å². The summed E-state index contributed by atoms with van der Waals surface area (Å²) in [6, 6.07) is 16.1. The quantitative estimate of drug-likeness (QED) is 0.540. The van der Waals surface area contributed by atoms with Gasteiger partial charge in [-0.2, -0.15) is 5.26 Å². The number of thiazole rings is 1. The molecule has 0 saturated heterocycles. The average Bonchev–Trinajstić information content (AvgIpc) is 3.10. The zero-order chi connectivity index (χ0) is 19.2. The Morgan fingerprint density at radius 2 is 2.04 bits per heavy atom. The highest BCUT2D eigenvalue weighted by Gasteiger charge is 2.13. The monoisotopic (exact) mass is 376 g/mol. The van der Waals surface area contributed by atoms with Gasteiger partial charge in [0, 0.05) is 16.6 Å². The molecule has 4 nitrogen and oxygen atoms in total. The van der Waals surface area contributed by atoms with Crippen molar-refractivity contribution >= 4 is 23.0 Å². The minimum Gasteiger partial charge on any atom is -0.493 e. The van der Waals surface area contributed by atoms with E-state index in [1.807, 2.05) is 42.6 Å². The van der Waals surface area contributed by atoms with Gasteiger partial charge in [0.1, 0.15) is 17.7 Å². The second kappa shape index (κ2) is 8.52. The first-order valence-electron chi connectivity index (χ1n) is 8.50. The van der Waals surface area contributed by atoms with Crippen LogP contribution < -0.4 is 9.47 Å². The first kappa shape index (κ1) is 18.7. The summed E-state index contributed by atoms with van der Waals surface area (Å²) < 4.78 is 11.6. The summed E-state index contributed by atoms with van der Waals surface area (Å²) >= 11 is 1.46. The molecule has 5 heteroatoms. The molecule has 1 aromatic heterocycles. The maximum atomic E-state index is 9.58. The van der Waals surface area contributed by atoms with E-state index in [2.05, 4.69) is 30.1 Å². The number of hydrogen-bond donors (Lipinski definition) is 0. The molecule has 1 heterocycles. The molecule has 0 spiro atoms. The molecule has 0 saturated carbocycles. The van der Waals surface area contributed by atoms with Gasteiger partial charge in [0.15, 0.2) is 11.5 Å². The van der Waals surface area contributed by atoms with Crippen LogP contribution in [0.15, 0.2) is 47.8 Å². The third kappa shape index (κ3) is 4.55. The predicted molar refractivity (Wildman–Crippen MR) is 109 cm³/mol. The number of hydrogen-bond acceptors (Lipinski definition) is 5. The topological polar surface area (TPSA) is 55.1 Å². The van der Waals surface area contributed by atoms with E-state index in [1.165, 1.54) is 16.9 Å². The summed E-state index contributed by atoms with van der Waals surface area (Å²) in [4.78, 5) is 4.41. The van der Waals surface area contributed by atoms with Gasteiger partial charge in [0.2, 0.25) is 0 Å². The van der Waals surface area contributed by atoms with Crippen LogP contribution in [0.4, 0.5) is 0 Å². The van der Waals surface area contributed by atoms with Crippen LogP contribution in [0.1, 0.15) is 27.4 Å². The molecule has 0 aliphatic rings. The van der Waals surface area contributed by atoms with Gasteiger partial charge in [0.05, 0.1) is 12.7 Å². The number of nitriles is 1. The summed E-state index contributed by atoms with van der Waals surface area (Å²) in [6.45, 7) is 4.38. The molecule has 27 heavy (non-hydrogen) atoms. The predicted octanol–water partition coefficient (Wildman–Crippen LogP) is 5.41. The number of ether oxygens (including phenoxy) is 2. The normalized spacial score (nSPS) is 11.1. The number of allylic oxidation sites excluding steroid dienone is 1. The minimum absolute atomic E-state index is 0.418. The van der Waals surface area contributed by atoms with Crippen molar-refractivity contribution in [2.75, 3.05) is 7.11 Å². The number of rotatable bonds is 6. The van der Waals surface area contributed by atoms with Crippen LogP contribution >= 0.6 is 11.3 Å². The summed E-state index contributed by atoms with van der Waals surface area (Å²) in [5.74, 6) is 1.24. The number of nitrogens with zero attached hydrogens (tertiary/aromatic N) is 2. The van der Waals surface area contributed by atoms with E-state index < -0.39 is 0 Å². The van der Waals surface area contributed by atoms with Gasteiger partial charge in [-0.15, -0.1) is 11.3 Å². The second-order valence-electron chi connectivity index (χ2n) is 6.12. The van der Waals surface area contributed by atoms with Gasteiger partial charge >= 0.3 is 0 Å². The maximum absolute atomic E-state index is 9.58. The summed E-state index contributed by atoms with van der Waals surface area (Å²) in [5.41, 5.74) is 4.44. The lowest BCUT2D eigenvalue weighted by Crippen LogP contribution is -2.00. The maximum Gasteiger partial charge on any atom is 0.168 e. The molecule has 0 aliphatic heterocycles. The number of aryl methyl sites for hydroxylation is 2. The van der Waals surface area contributed by atoms with E-state index in [0.717, 1.165) is 16.8 Å². The van der Waals surface area contributed by atoms with Crippen LogP contribution in [0.2, 0.25) is 0 Å². The van der Waals surface area contributed by atoms with Crippen molar-refractivity contribution in [3.8, 4) is 17.6 Å². The first-order chi connectivity index (χ1) is 13.1. The van der Waals surface area contributed by atoms with E-state index in [-0.39, 0.29) is 0 Å². The molecule has 0 atom stereocenters. The molecule has 136 valence electrons. The van der Waals surface area contributed by atoms with Crippen molar-refractivity contribution in [2.45, 2.75) is 20.5 Å². The Morgan fingerprint density at radius 1 is 1.22 bits per heavy atom. The molecule has 0 N–H and O–H groups in total. The van der Waals surface area contributed by atoms with E-state index in [9.17, 15) is 5.26 Å². The fraction of sp³-hybridized carbons (Fsp3) is 0.182. The molecule has 3 aromatic rings. The van der Waals surface area contributed by atoms with E-state index in [1.54, 1.807) is 13.2 Å². The van der Waals surface area contributed by atoms with Crippen LogP contribution in [-0.2, 0) is 6.61 Å². The highest BCUT2D eigenvalue weighted by Crippen LogP contribution is 2.34. The molecule has 0 unspecified atom stereocenters. The summed E-state index contributed by atoms with van der Waals surface area (Å²) in [7, 11) is 1.61. The van der Waals surface area contributed by atoms with Crippen LogP contribution in [0, 0.1) is 25.2 Å². The Hall–Kier alpha value is -3.10. The van der Waals surface area contributed by atoms with E-state index in [0.29, 0.717) is 28.7 Å². The van der Waals surface area contributed by atoms with Crippen LogP contribution in [-0.4, -0.2) is 12.1 Å². The minimum atomic E-state index is 0.418. The van der Waals surface area contributed by atoms with Crippen molar-refractivity contribution in [1.82, 2.24) is 4.98 Å². The second-order valence-corrected chi connectivity index (χ2v) is 6.98. The zero-order valence-corrected chi connectivity index (χ0v) is 16.3. The molecule has 0 radical (unpaired) electrons. The number of aromatic nitrogens is 1. The molecule has 2 aromatic carbocycles. The van der Waals surface area contributed by atoms with Crippen molar-refractivity contribution in [3.63, 3.8) is 0 Å². The first-order valence-corrected chi connectivity index (χ1v) is 9.38. The van der Waals surface area contributed by atoms with Gasteiger partial charge in [-0.1, -0.05) is 42.0 Å². The third-order valence-corrected chi connectivity index (χ3v) is 4.96. The van der Waals surface area contributed by atoms with Gasteiger partial charge < -0.3 is 9.47 Å². The van der Waals surface area contributed by atoms with E-state index in [4.69, 9.17) is 9.47 Å². The molecular formula is C22H20N2O2S. The molecule has 0 fully saturated rings. The van der Waals surface area contributed by atoms with Gasteiger partial charge in [-0.3, -0.25) is 0 Å². The van der Waals surface area contributed by atoms with Crippen LogP contribution in [0.5, 0.6) is 11.5 Å². The van der Waals surface area contributed by atoms with E-state index >= 15 is 0 Å². The zero-order valence-electron chi connectivity index (χ0n) is 15.5. The summed E-state index contributed by atoms with van der Waals surface area (Å²) in [5, 5.41) is 12.2. The largest absolute Gasteiger partial charge is 0.493 e. The lowest BCUT2D eigenvalue weighted by Gasteiger charge is -2.14. The van der Waals surface area contributed by atoms with Crippen molar-refractivity contribution < 1.29 is 9.47 Å². The Kier molecular flexibility index (Phi) is 5.90. The van der Waals surface area contributed by atoms with Crippen molar-refractivity contribution in [1.29, 1.82) is 5.26 Å². The van der Waals surface area contributed by atoms with Crippen molar-refractivity contribution in [3.05, 3.63) is 75.2 Å². The fourth-order valence-electron chi connectivity index (χ4n) is 2.69. The summed E-state index contributed by atoms with van der Waals surface area (Å²) in [6.07, 6.45) is 1.80. The third-order valence-electron chi connectivity index (χ3n) is 3.96. The van der Waals surface area contributed by atoms with Gasteiger partial charge in [0.25, 0.3) is 0 Å². The van der Waals surface area contributed by atoms with Crippen LogP contribution in [0.25, 0.3) is 11.6 Å². The molecule has 0 amide bonds. The molecule has 3 rings (SSSR count). The Labute approximate surface area is 163 Å². The number of para-hydroxylation sites is 1. The Balaban J connectivity index is 1.95. The fourth-order valence-corrected chi connectivity index (χ4v) is 3.46. The highest BCUT2D eigenvalue weighted by atomic mass is 32.1. The molecule has 0 bridgehead atoms. The SMILES string of the molecule is COc1cccc(/C=C(/C#N)c2nc(C)cs2)c1OCc1cccc(C)c1. The smallest absolute Gasteiger partial charge is 0.168 e. The standard InChI is InChI=1S/C22H20N2O2S/c1-15-6-4-7-17(10-15)13-26-21-18(8-5-9-20(21)25-3)11-19(12-23)22-24-16(2)14-27-22/h4-11,14H,13H2,1-3H3/b19-11-. The highest BCUT2D eigenvalue weighted by molar-refractivity contribution is 7.11. The van der Waals surface area contributed by atoms with Gasteiger partial charge in [-0.25, -0.2) is 4.98 Å². The number of benzene rings is 2. The lowest BCUT2D eigenvalue weighted by atomic mass is 10.1. The number of methoxy groups -OCH3 is 1. The molecule has 0 aliphatic carbocycles. The lowest BCUT2D eigenvalue weighted by molar-refractivity contribution is 0.284. The van der Waals surface area contributed by atoms with Crippen molar-refractivity contribution in [2.24, 2.45) is 0 Å². The Morgan fingerprint density at radius 3 is 2.70 bits per heavy atom. The Bertz CT molecular complexity index is 1020. The van der Waals surface area contributed by atoms with Gasteiger partial charge in [-0.05, 0) is 31.6 Å². The molecular weight excluding hydrogens is 356 g/mol.